The van der Waals surface area contributed by atoms with E-state index in [0.29, 0.717) is 0 Å². The first kappa shape index (κ1) is 15.0. The van der Waals surface area contributed by atoms with Crippen LogP contribution in [0.2, 0.25) is 0 Å². The number of hydrogen-bond acceptors (Lipinski definition) is 3. The number of anilines is 1. The van der Waals surface area contributed by atoms with Crippen LogP contribution >= 0.6 is 0 Å². The lowest BCUT2D eigenvalue weighted by Crippen LogP contribution is -2.23. The van der Waals surface area contributed by atoms with E-state index < -0.39 is 0 Å². The normalized spacial score (nSPS) is 11.0. The Bertz CT molecular complexity index is 361. The quantitative estimate of drug-likeness (QED) is 0.798. The molecule has 0 unspecified atom stereocenters. The molecule has 102 valence electrons. The fourth-order valence-corrected chi connectivity index (χ4v) is 2.06. The third-order valence-electron chi connectivity index (χ3n) is 3.23. The third kappa shape index (κ3) is 4.67. The van der Waals surface area contributed by atoms with Crippen molar-refractivity contribution in [2.45, 2.75) is 19.9 Å². The highest BCUT2D eigenvalue weighted by Crippen LogP contribution is 2.18. The van der Waals surface area contributed by atoms with Crippen molar-refractivity contribution in [3.05, 3.63) is 29.3 Å². The average Bonchev–Trinajstić information content (AvgIpc) is 2.31. The summed E-state index contributed by atoms with van der Waals surface area (Å²) in [6.45, 7) is 5.37. The highest BCUT2D eigenvalue weighted by molar-refractivity contribution is 5.50. The van der Waals surface area contributed by atoms with E-state index in [1.165, 1.54) is 23.2 Å². The first-order valence-corrected chi connectivity index (χ1v) is 6.64. The number of nitrogens with one attached hydrogen (secondary N) is 1. The van der Waals surface area contributed by atoms with Crippen LogP contribution in [0.3, 0.4) is 0 Å². The van der Waals surface area contributed by atoms with E-state index in [4.69, 9.17) is 0 Å². The van der Waals surface area contributed by atoms with E-state index in [-0.39, 0.29) is 0 Å². The van der Waals surface area contributed by atoms with Gasteiger partial charge in [-0.05, 0) is 64.3 Å². The smallest absolute Gasteiger partial charge is 0.0366 e. The summed E-state index contributed by atoms with van der Waals surface area (Å²) < 4.78 is 0. The van der Waals surface area contributed by atoms with Crippen molar-refractivity contribution in [1.29, 1.82) is 0 Å². The Balaban J connectivity index is 2.57. The second-order valence-corrected chi connectivity index (χ2v) is 5.22. The Kier molecular flexibility index (Phi) is 6.16. The molecule has 3 nitrogen and oxygen atoms in total. The Labute approximate surface area is 112 Å². The van der Waals surface area contributed by atoms with Crippen molar-refractivity contribution < 1.29 is 0 Å². The van der Waals surface area contributed by atoms with Gasteiger partial charge in [0.05, 0.1) is 0 Å². The molecule has 18 heavy (non-hydrogen) atoms. The molecule has 0 aliphatic rings. The summed E-state index contributed by atoms with van der Waals surface area (Å²) in [6, 6.07) is 6.72. The topological polar surface area (TPSA) is 18.5 Å². The van der Waals surface area contributed by atoms with E-state index in [1.807, 2.05) is 7.05 Å². The fraction of sp³-hybridized carbons (Fsp3) is 0.600. The molecule has 0 saturated carbocycles. The first-order chi connectivity index (χ1) is 8.54. The van der Waals surface area contributed by atoms with E-state index in [2.05, 4.69) is 61.4 Å². The van der Waals surface area contributed by atoms with E-state index in [0.717, 1.165) is 19.6 Å². The van der Waals surface area contributed by atoms with Crippen LogP contribution in [0.15, 0.2) is 18.2 Å². The Morgan fingerprint density at radius 1 is 1.11 bits per heavy atom. The number of rotatable bonds is 7. The molecule has 0 fully saturated rings. The molecule has 0 bridgehead atoms. The zero-order chi connectivity index (χ0) is 13.5. The molecular weight excluding hydrogens is 222 g/mol. The maximum Gasteiger partial charge on any atom is 0.0366 e. The minimum absolute atomic E-state index is 0.941. The van der Waals surface area contributed by atoms with Crippen LogP contribution in [0.1, 0.15) is 17.5 Å². The van der Waals surface area contributed by atoms with Crippen LogP contribution in [-0.4, -0.2) is 46.2 Å². The van der Waals surface area contributed by atoms with Crippen molar-refractivity contribution in [2.75, 3.05) is 46.2 Å². The first-order valence-electron chi connectivity index (χ1n) is 6.64. The molecule has 1 N–H and O–H groups in total. The molecule has 0 aromatic heterocycles. The van der Waals surface area contributed by atoms with Crippen molar-refractivity contribution in [2.24, 2.45) is 0 Å². The van der Waals surface area contributed by atoms with Gasteiger partial charge in [0, 0.05) is 25.8 Å². The summed E-state index contributed by atoms with van der Waals surface area (Å²) in [5.41, 5.74) is 4.05. The van der Waals surface area contributed by atoms with Crippen molar-refractivity contribution >= 4 is 5.69 Å². The maximum absolute atomic E-state index is 3.20. The van der Waals surface area contributed by atoms with E-state index in [9.17, 15) is 0 Å². The molecular formula is C15H27N3. The molecule has 0 heterocycles. The van der Waals surface area contributed by atoms with Crippen molar-refractivity contribution in [1.82, 2.24) is 10.2 Å². The van der Waals surface area contributed by atoms with Gasteiger partial charge in [0.15, 0.2) is 0 Å². The van der Waals surface area contributed by atoms with Gasteiger partial charge < -0.3 is 15.1 Å². The molecule has 1 aromatic rings. The van der Waals surface area contributed by atoms with Gasteiger partial charge in [0.25, 0.3) is 0 Å². The van der Waals surface area contributed by atoms with E-state index >= 15 is 0 Å². The molecule has 0 spiro atoms. The SMILES string of the molecule is CNCc1ccc(N(C)CCCN(C)C)cc1C. The predicted octanol–water partition coefficient (Wildman–Crippen LogP) is 2.10. The van der Waals surface area contributed by atoms with Crippen LogP contribution in [0.5, 0.6) is 0 Å². The number of hydrogen-bond donors (Lipinski definition) is 1. The summed E-state index contributed by atoms with van der Waals surface area (Å²) in [7, 11) is 8.40. The highest BCUT2D eigenvalue weighted by Gasteiger charge is 2.04. The molecule has 0 saturated heterocycles. The van der Waals surface area contributed by atoms with Gasteiger partial charge in [0.1, 0.15) is 0 Å². The van der Waals surface area contributed by atoms with Crippen LogP contribution in [-0.2, 0) is 6.54 Å². The number of benzene rings is 1. The van der Waals surface area contributed by atoms with Gasteiger partial charge in [0.2, 0.25) is 0 Å². The van der Waals surface area contributed by atoms with Crippen LogP contribution in [0.25, 0.3) is 0 Å². The lowest BCUT2D eigenvalue weighted by Gasteiger charge is -2.21. The third-order valence-corrected chi connectivity index (χ3v) is 3.23. The van der Waals surface area contributed by atoms with Gasteiger partial charge in [-0.15, -0.1) is 0 Å². The second-order valence-electron chi connectivity index (χ2n) is 5.22. The summed E-state index contributed by atoms with van der Waals surface area (Å²) in [6.07, 6.45) is 1.20. The summed E-state index contributed by atoms with van der Waals surface area (Å²) >= 11 is 0. The lowest BCUT2D eigenvalue weighted by molar-refractivity contribution is 0.401. The average molecular weight is 249 g/mol. The highest BCUT2D eigenvalue weighted by atomic mass is 15.1. The van der Waals surface area contributed by atoms with Gasteiger partial charge in [-0.1, -0.05) is 6.07 Å². The van der Waals surface area contributed by atoms with E-state index in [1.54, 1.807) is 0 Å². The van der Waals surface area contributed by atoms with Gasteiger partial charge in [-0.2, -0.15) is 0 Å². The summed E-state index contributed by atoms with van der Waals surface area (Å²) in [5.74, 6) is 0. The van der Waals surface area contributed by atoms with Gasteiger partial charge in [-0.3, -0.25) is 0 Å². The Morgan fingerprint density at radius 3 is 2.39 bits per heavy atom. The maximum atomic E-state index is 3.20. The van der Waals surface area contributed by atoms with Crippen LogP contribution in [0, 0.1) is 6.92 Å². The summed E-state index contributed by atoms with van der Waals surface area (Å²) in [5, 5.41) is 3.20. The minimum atomic E-state index is 0.941. The van der Waals surface area contributed by atoms with Gasteiger partial charge >= 0.3 is 0 Å². The Morgan fingerprint density at radius 2 is 1.83 bits per heavy atom. The zero-order valence-corrected chi connectivity index (χ0v) is 12.5. The molecule has 0 amide bonds. The molecule has 0 aliphatic heterocycles. The van der Waals surface area contributed by atoms with Crippen LogP contribution in [0.4, 0.5) is 5.69 Å². The largest absolute Gasteiger partial charge is 0.375 e. The molecule has 3 heteroatoms. The minimum Gasteiger partial charge on any atom is -0.375 e. The number of aryl methyl sites for hydroxylation is 1. The number of nitrogens with zero attached hydrogens (tertiary/aromatic N) is 2. The molecule has 1 rings (SSSR count). The fourth-order valence-electron chi connectivity index (χ4n) is 2.06. The van der Waals surface area contributed by atoms with Gasteiger partial charge in [-0.25, -0.2) is 0 Å². The lowest BCUT2D eigenvalue weighted by atomic mass is 10.1. The summed E-state index contributed by atoms with van der Waals surface area (Å²) in [4.78, 5) is 4.56. The van der Waals surface area contributed by atoms with Crippen LogP contribution < -0.4 is 10.2 Å². The van der Waals surface area contributed by atoms with Crippen molar-refractivity contribution in [3.8, 4) is 0 Å². The molecule has 1 aromatic carbocycles. The zero-order valence-electron chi connectivity index (χ0n) is 12.5. The Hall–Kier alpha value is -1.06. The second kappa shape index (κ2) is 7.39. The predicted molar refractivity (Wildman–Crippen MR) is 80.4 cm³/mol. The van der Waals surface area contributed by atoms with Crippen molar-refractivity contribution in [3.63, 3.8) is 0 Å². The standard InChI is InChI=1S/C15H27N3/c1-13-11-15(8-7-14(13)12-16-2)18(5)10-6-9-17(3)4/h7-8,11,16H,6,9-10,12H2,1-5H3. The monoisotopic (exact) mass is 249 g/mol. The molecule has 0 aliphatic carbocycles. The molecule has 0 radical (unpaired) electrons. The molecule has 0 atom stereocenters.